The molecule has 5 heteroatoms. The number of hydrogen-bond donors (Lipinski definition) is 0. The predicted octanol–water partition coefficient (Wildman–Crippen LogP) is 10.5. The van der Waals surface area contributed by atoms with Crippen LogP contribution < -0.4 is 15.6 Å². The molecule has 1 heterocycles. The lowest BCUT2D eigenvalue weighted by Crippen LogP contribution is -2.66. The highest BCUT2D eigenvalue weighted by atomic mass is 28.3. The van der Waals surface area contributed by atoms with E-state index in [0.29, 0.717) is 5.39 Å². The van der Waals surface area contributed by atoms with Crippen LogP contribution in [0.25, 0.3) is 49.0 Å². The molecular weight excluding hydrogens is 676 g/mol. The van der Waals surface area contributed by atoms with Gasteiger partial charge in [0.15, 0.2) is 0 Å². The Bertz CT molecular complexity index is 2730. The molecule has 0 aliphatic heterocycles. The van der Waals surface area contributed by atoms with Crippen molar-refractivity contribution < 1.29 is 13.2 Å². The molecule has 0 fully saturated rings. The average Bonchev–Trinajstić information content (AvgIpc) is 3.51. The molecule has 0 amide bonds. The lowest BCUT2D eigenvalue weighted by atomic mass is 9.94. The summed E-state index contributed by atoms with van der Waals surface area (Å²) in [6.45, 7) is 1.97. The van der Waals surface area contributed by atoms with E-state index in [0.717, 1.165) is 54.8 Å². The molecule has 53 heavy (non-hydrogen) atoms. The highest BCUT2D eigenvalue weighted by Crippen LogP contribution is 2.42. The Morgan fingerprint density at radius 2 is 0.906 bits per heavy atom. The molecule has 254 valence electrons. The van der Waals surface area contributed by atoms with Gasteiger partial charge in [0.25, 0.3) is 0 Å². The van der Waals surface area contributed by atoms with Gasteiger partial charge >= 0.3 is 6.18 Å². The predicted molar refractivity (Wildman–Crippen MR) is 216 cm³/mol. The van der Waals surface area contributed by atoms with Crippen LogP contribution in [0.4, 0.5) is 13.2 Å². The summed E-state index contributed by atoms with van der Waals surface area (Å²) in [5, 5.41) is 8.88. The third kappa shape index (κ3) is 5.34. The molecule has 0 aliphatic rings. The number of aryl methyl sites for hydroxylation is 1. The molecule has 0 saturated carbocycles. The number of aromatic nitrogens is 1. The second-order valence-corrected chi connectivity index (χ2v) is 17.0. The van der Waals surface area contributed by atoms with Gasteiger partial charge in [-0.2, -0.15) is 13.2 Å². The fraction of sp³-hybridized carbons (Fsp3) is 0.0417. The molecule has 1 nitrogen and oxygen atoms in total. The van der Waals surface area contributed by atoms with Crippen LogP contribution in [-0.4, -0.2) is 12.6 Å². The van der Waals surface area contributed by atoms with Gasteiger partial charge in [0, 0.05) is 37.9 Å². The van der Waals surface area contributed by atoms with E-state index in [1.54, 1.807) is 6.07 Å². The molecule has 0 aliphatic carbocycles. The van der Waals surface area contributed by atoms with Crippen LogP contribution in [0.1, 0.15) is 16.7 Å². The van der Waals surface area contributed by atoms with E-state index in [1.807, 2.05) is 67.6 Å². The third-order valence-electron chi connectivity index (χ3n) is 10.4. The van der Waals surface area contributed by atoms with Crippen LogP contribution in [0.3, 0.4) is 0 Å². The molecule has 0 unspecified atom stereocenters. The van der Waals surface area contributed by atoms with Gasteiger partial charge < -0.3 is 4.57 Å². The first-order valence-corrected chi connectivity index (χ1v) is 19.6. The maximum Gasteiger partial charge on any atom is 0.416 e. The summed E-state index contributed by atoms with van der Waals surface area (Å²) in [6.07, 6.45) is -4.45. The normalized spacial score (nSPS) is 12.0. The van der Waals surface area contributed by atoms with Crippen molar-refractivity contribution in [1.82, 2.24) is 4.57 Å². The largest absolute Gasteiger partial charge is 0.416 e. The Balaban J connectivity index is 1.39. The highest BCUT2D eigenvalue weighted by molar-refractivity contribution is 7.16. The zero-order chi connectivity index (χ0) is 36.2. The van der Waals surface area contributed by atoms with Crippen LogP contribution in [0.15, 0.2) is 176 Å². The summed E-state index contributed by atoms with van der Waals surface area (Å²) >= 11 is 0. The molecule has 1 aromatic heterocycles. The van der Waals surface area contributed by atoms with Crippen LogP contribution in [-0.2, 0) is 6.18 Å². The monoisotopic (exact) mass is 707 g/mol. The Morgan fingerprint density at radius 1 is 0.472 bits per heavy atom. The van der Waals surface area contributed by atoms with Crippen molar-refractivity contribution in [1.29, 1.82) is 0 Å². The second kappa shape index (κ2) is 12.7. The summed E-state index contributed by atoms with van der Waals surface area (Å²) < 4.78 is 44.3. The maximum absolute atomic E-state index is 14.1. The minimum absolute atomic E-state index is 0.569. The number of fused-ring (bicyclic) bond motifs is 5. The van der Waals surface area contributed by atoms with Crippen molar-refractivity contribution in [2.45, 2.75) is 13.1 Å². The SMILES string of the molecule is Cc1ccc2c(c1)c1cc(C(F)(F)F)ccc1n2-c1c2ccccc2c(C#C[Si](c2ccccc2)(c2ccccc2)c2ccccc2)c2ccccc12. The number of hydrogen-bond acceptors (Lipinski definition) is 0. The zero-order valence-corrected chi connectivity index (χ0v) is 29.8. The first kappa shape index (κ1) is 32.5. The smallest absolute Gasteiger partial charge is 0.308 e. The lowest BCUT2D eigenvalue weighted by Gasteiger charge is -2.28. The quantitative estimate of drug-likeness (QED) is 0.0743. The van der Waals surface area contributed by atoms with Crippen LogP contribution in [0.2, 0.25) is 0 Å². The van der Waals surface area contributed by atoms with Crippen molar-refractivity contribution in [2.75, 3.05) is 0 Å². The fourth-order valence-corrected chi connectivity index (χ4v) is 11.8. The number of benzene rings is 8. The van der Waals surface area contributed by atoms with Gasteiger partial charge in [-0.05, 0) is 52.8 Å². The minimum atomic E-state index is -4.45. The van der Waals surface area contributed by atoms with Crippen molar-refractivity contribution in [3.8, 4) is 17.2 Å². The molecule has 9 aromatic rings. The molecule has 0 radical (unpaired) electrons. The summed E-state index contributed by atoms with van der Waals surface area (Å²) in [7, 11) is -2.91. The molecule has 0 spiro atoms. The molecule has 0 bridgehead atoms. The summed E-state index contributed by atoms with van der Waals surface area (Å²) in [6, 6.07) is 58.6. The average molecular weight is 708 g/mol. The zero-order valence-electron chi connectivity index (χ0n) is 28.8. The summed E-state index contributed by atoms with van der Waals surface area (Å²) in [5.41, 5.74) is 7.74. The van der Waals surface area contributed by atoms with Crippen molar-refractivity contribution in [3.05, 3.63) is 193 Å². The minimum Gasteiger partial charge on any atom is -0.308 e. The molecule has 9 rings (SSSR count). The van der Waals surface area contributed by atoms with Gasteiger partial charge in [0.05, 0.1) is 22.3 Å². The van der Waals surface area contributed by atoms with E-state index >= 15 is 0 Å². The van der Waals surface area contributed by atoms with Gasteiger partial charge in [0.2, 0.25) is 8.07 Å². The Labute approximate surface area is 306 Å². The van der Waals surface area contributed by atoms with E-state index in [2.05, 4.69) is 113 Å². The van der Waals surface area contributed by atoms with Gasteiger partial charge in [-0.1, -0.05) is 157 Å². The fourth-order valence-electron chi connectivity index (χ4n) is 7.97. The van der Waals surface area contributed by atoms with Gasteiger partial charge in [0.1, 0.15) is 0 Å². The molecule has 0 atom stereocenters. The van der Waals surface area contributed by atoms with E-state index in [9.17, 15) is 13.2 Å². The van der Waals surface area contributed by atoms with E-state index < -0.39 is 19.8 Å². The van der Waals surface area contributed by atoms with Gasteiger partial charge in [-0.15, -0.1) is 5.54 Å². The molecule has 8 aromatic carbocycles. The molecule has 0 saturated heterocycles. The van der Waals surface area contributed by atoms with Crippen LogP contribution >= 0.6 is 0 Å². The number of nitrogens with zero attached hydrogens (tertiary/aromatic N) is 1. The number of halogens is 3. The number of rotatable bonds is 4. The van der Waals surface area contributed by atoms with Gasteiger partial charge in [-0.25, -0.2) is 0 Å². The Hall–Kier alpha value is -6.35. The van der Waals surface area contributed by atoms with Crippen LogP contribution in [0, 0.1) is 18.4 Å². The topological polar surface area (TPSA) is 4.93 Å². The molecular formula is C48H32F3NSi. The van der Waals surface area contributed by atoms with E-state index in [4.69, 9.17) is 0 Å². The van der Waals surface area contributed by atoms with Crippen molar-refractivity contribution in [3.63, 3.8) is 0 Å². The summed E-state index contributed by atoms with van der Waals surface area (Å²) in [4.78, 5) is 0. The first-order chi connectivity index (χ1) is 25.8. The highest BCUT2D eigenvalue weighted by Gasteiger charge is 2.38. The van der Waals surface area contributed by atoms with Crippen molar-refractivity contribution >= 4 is 67.0 Å². The summed E-state index contributed by atoms with van der Waals surface area (Å²) in [5.74, 6) is 3.82. The van der Waals surface area contributed by atoms with E-state index in [-0.39, 0.29) is 0 Å². The van der Waals surface area contributed by atoms with E-state index in [1.165, 1.54) is 27.7 Å². The lowest BCUT2D eigenvalue weighted by molar-refractivity contribution is -0.137. The van der Waals surface area contributed by atoms with Crippen LogP contribution in [0.5, 0.6) is 0 Å². The Kier molecular flexibility index (Phi) is 7.80. The second-order valence-electron chi connectivity index (χ2n) is 13.5. The third-order valence-corrected chi connectivity index (χ3v) is 14.5. The van der Waals surface area contributed by atoms with Gasteiger partial charge in [-0.3, -0.25) is 0 Å². The molecule has 0 N–H and O–H groups in total. The van der Waals surface area contributed by atoms with Crippen molar-refractivity contribution in [2.24, 2.45) is 0 Å². The standard InChI is InChI=1S/C48H32F3NSi/c1-33-25-27-45-43(31-33)44-32-34(48(49,50)51)26-28-46(44)52(45)47-41-23-13-11-21-38(41)40(39-22-12-14-24-42(39)47)29-30-53(35-15-5-2-6-16-35,36-17-7-3-8-18-36)37-19-9-4-10-20-37/h2-28,31-32H,1H3. The number of alkyl halides is 3. The first-order valence-electron chi connectivity index (χ1n) is 17.6. The maximum atomic E-state index is 14.1. The Morgan fingerprint density at radius 3 is 1.40 bits per heavy atom.